The summed E-state index contributed by atoms with van der Waals surface area (Å²) < 4.78 is 5.46. The monoisotopic (exact) mass is 265 g/mol. The zero-order valence-electron chi connectivity index (χ0n) is 12.0. The van der Waals surface area contributed by atoms with Crippen LogP contribution in [0.3, 0.4) is 0 Å². The van der Waals surface area contributed by atoms with E-state index < -0.39 is 0 Å². The van der Waals surface area contributed by atoms with Crippen LogP contribution < -0.4 is 15.4 Å². The van der Waals surface area contributed by atoms with Crippen molar-refractivity contribution in [3.8, 4) is 6.01 Å². The van der Waals surface area contributed by atoms with Gasteiger partial charge in [-0.25, -0.2) is 0 Å². The van der Waals surface area contributed by atoms with Crippen molar-refractivity contribution in [2.24, 2.45) is 5.92 Å². The number of ether oxygens (including phenoxy) is 1. The van der Waals surface area contributed by atoms with Gasteiger partial charge in [-0.3, -0.25) is 0 Å². The molecule has 0 saturated carbocycles. The minimum Gasteiger partial charge on any atom is -0.463 e. The van der Waals surface area contributed by atoms with Crippen LogP contribution in [-0.4, -0.2) is 34.1 Å². The number of anilines is 2. The van der Waals surface area contributed by atoms with E-state index in [9.17, 15) is 0 Å². The molecular weight excluding hydrogens is 242 g/mol. The molecule has 0 radical (unpaired) electrons. The molecule has 2 atom stereocenters. The van der Waals surface area contributed by atoms with Crippen LogP contribution in [0.5, 0.6) is 6.01 Å². The van der Waals surface area contributed by atoms with Gasteiger partial charge in [0.1, 0.15) is 0 Å². The quantitative estimate of drug-likeness (QED) is 0.895. The number of rotatable bonds is 4. The van der Waals surface area contributed by atoms with Crippen LogP contribution in [-0.2, 0) is 0 Å². The summed E-state index contributed by atoms with van der Waals surface area (Å²) >= 11 is 0. The summed E-state index contributed by atoms with van der Waals surface area (Å²) in [6, 6.07) is 0.756. The van der Waals surface area contributed by atoms with Gasteiger partial charge >= 0.3 is 6.01 Å². The highest BCUT2D eigenvalue weighted by atomic mass is 16.5. The van der Waals surface area contributed by atoms with Crippen LogP contribution in [0.15, 0.2) is 0 Å². The average Bonchev–Trinajstić information content (AvgIpc) is 2.38. The first-order valence-electron chi connectivity index (χ1n) is 7.01. The molecule has 19 heavy (non-hydrogen) atoms. The second-order valence-corrected chi connectivity index (χ2v) is 5.31. The number of nitrogen functional groups attached to an aromatic ring is 1. The Morgan fingerprint density at radius 3 is 2.79 bits per heavy atom. The summed E-state index contributed by atoms with van der Waals surface area (Å²) in [6.07, 6.45) is 3.31. The predicted octanol–water partition coefficient (Wildman–Crippen LogP) is 1.87. The number of piperidine rings is 1. The normalized spacial score (nSPS) is 23.4. The van der Waals surface area contributed by atoms with Crippen LogP contribution >= 0.6 is 0 Å². The fourth-order valence-corrected chi connectivity index (χ4v) is 2.31. The van der Waals surface area contributed by atoms with Crippen molar-refractivity contribution in [3.05, 3.63) is 0 Å². The first kappa shape index (κ1) is 13.8. The van der Waals surface area contributed by atoms with E-state index in [0.29, 0.717) is 30.5 Å². The molecule has 106 valence electrons. The fourth-order valence-electron chi connectivity index (χ4n) is 2.31. The summed E-state index contributed by atoms with van der Waals surface area (Å²) in [5, 5.41) is 0. The molecule has 2 N–H and O–H groups in total. The number of aromatic nitrogens is 3. The largest absolute Gasteiger partial charge is 0.463 e. The Morgan fingerprint density at radius 2 is 2.05 bits per heavy atom. The van der Waals surface area contributed by atoms with Crippen molar-refractivity contribution < 1.29 is 4.74 Å². The Bertz CT molecular complexity index is 425. The number of hydrogen-bond acceptors (Lipinski definition) is 6. The molecule has 6 nitrogen and oxygen atoms in total. The summed E-state index contributed by atoms with van der Waals surface area (Å²) in [4.78, 5) is 14.8. The van der Waals surface area contributed by atoms with E-state index in [4.69, 9.17) is 10.5 Å². The van der Waals surface area contributed by atoms with E-state index in [1.165, 1.54) is 6.42 Å². The molecule has 0 bridgehead atoms. The van der Waals surface area contributed by atoms with Gasteiger partial charge in [-0.05, 0) is 32.1 Å². The highest BCUT2D eigenvalue weighted by Crippen LogP contribution is 2.26. The Kier molecular flexibility index (Phi) is 4.39. The molecule has 2 unspecified atom stereocenters. The highest BCUT2D eigenvalue weighted by molar-refractivity contribution is 5.37. The van der Waals surface area contributed by atoms with Crippen LogP contribution in [0.1, 0.15) is 40.0 Å². The van der Waals surface area contributed by atoms with Gasteiger partial charge in [0, 0.05) is 12.6 Å². The van der Waals surface area contributed by atoms with Crippen LogP contribution in [0, 0.1) is 5.92 Å². The third-order valence-electron chi connectivity index (χ3n) is 3.43. The molecule has 1 aromatic heterocycles. The predicted molar refractivity (Wildman–Crippen MR) is 75.2 cm³/mol. The van der Waals surface area contributed by atoms with Gasteiger partial charge in [0.25, 0.3) is 0 Å². The standard InChI is InChI=1S/C13H23N5O/c1-4-7-19-13-16-11(14)15-12(17-13)18-8-9(2)5-6-10(18)3/h9-10H,4-8H2,1-3H3,(H2,14,15,16,17). The molecule has 1 aliphatic heterocycles. The number of hydrogen-bond donors (Lipinski definition) is 1. The molecule has 0 amide bonds. The lowest BCUT2D eigenvalue weighted by Gasteiger charge is -2.36. The minimum absolute atomic E-state index is 0.224. The molecule has 1 fully saturated rings. The minimum atomic E-state index is 0.224. The second-order valence-electron chi connectivity index (χ2n) is 5.31. The van der Waals surface area contributed by atoms with E-state index in [1.54, 1.807) is 0 Å². The molecule has 0 spiro atoms. The Balaban J connectivity index is 2.20. The van der Waals surface area contributed by atoms with Gasteiger partial charge < -0.3 is 15.4 Å². The molecule has 2 heterocycles. The Labute approximate surface area is 114 Å². The topological polar surface area (TPSA) is 77.2 Å². The van der Waals surface area contributed by atoms with Crippen molar-refractivity contribution in [1.29, 1.82) is 0 Å². The first-order chi connectivity index (χ1) is 9.10. The first-order valence-corrected chi connectivity index (χ1v) is 7.01. The van der Waals surface area contributed by atoms with Gasteiger partial charge in [0.05, 0.1) is 6.61 Å². The summed E-state index contributed by atoms with van der Waals surface area (Å²) in [7, 11) is 0. The molecule has 0 aliphatic carbocycles. The zero-order chi connectivity index (χ0) is 13.8. The SMILES string of the molecule is CCCOc1nc(N)nc(N2CC(C)CCC2C)n1. The van der Waals surface area contributed by atoms with E-state index >= 15 is 0 Å². The lowest BCUT2D eigenvalue weighted by molar-refractivity contribution is 0.290. The maximum absolute atomic E-state index is 5.75. The molecule has 1 aliphatic rings. The van der Waals surface area contributed by atoms with Crippen molar-refractivity contribution >= 4 is 11.9 Å². The van der Waals surface area contributed by atoms with Crippen molar-refractivity contribution in [2.45, 2.75) is 46.1 Å². The number of nitrogens with two attached hydrogens (primary N) is 1. The van der Waals surface area contributed by atoms with Crippen molar-refractivity contribution in [2.75, 3.05) is 23.8 Å². The maximum atomic E-state index is 5.75. The van der Waals surface area contributed by atoms with Gasteiger partial charge in [-0.15, -0.1) is 0 Å². The molecule has 0 aromatic carbocycles. The smallest absolute Gasteiger partial charge is 0.323 e. The van der Waals surface area contributed by atoms with Gasteiger partial charge in [0.15, 0.2) is 0 Å². The summed E-state index contributed by atoms with van der Waals surface area (Å²) in [5.74, 6) is 1.51. The average molecular weight is 265 g/mol. The summed E-state index contributed by atoms with van der Waals surface area (Å²) in [6.45, 7) is 8.03. The third-order valence-corrected chi connectivity index (χ3v) is 3.43. The van der Waals surface area contributed by atoms with Crippen molar-refractivity contribution in [1.82, 2.24) is 15.0 Å². The highest BCUT2D eigenvalue weighted by Gasteiger charge is 2.25. The number of nitrogens with zero attached hydrogens (tertiary/aromatic N) is 4. The lowest BCUT2D eigenvalue weighted by atomic mass is 9.95. The Hall–Kier alpha value is -1.59. The van der Waals surface area contributed by atoms with Crippen LogP contribution in [0.4, 0.5) is 11.9 Å². The lowest BCUT2D eigenvalue weighted by Crippen LogP contribution is -2.42. The van der Waals surface area contributed by atoms with Crippen LogP contribution in [0.2, 0.25) is 0 Å². The Morgan fingerprint density at radius 1 is 1.26 bits per heavy atom. The van der Waals surface area contributed by atoms with E-state index in [1.807, 2.05) is 6.92 Å². The van der Waals surface area contributed by atoms with Gasteiger partial charge in [0.2, 0.25) is 11.9 Å². The summed E-state index contributed by atoms with van der Waals surface area (Å²) in [5.41, 5.74) is 5.75. The molecule has 1 saturated heterocycles. The van der Waals surface area contributed by atoms with E-state index in [-0.39, 0.29) is 5.95 Å². The maximum Gasteiger partial charge on any atom is 0.323 e. The van der Waals surface area contributed by atoms with Crippen LogP contribution in [0.25, 0.3) is 0 Å². The second kappa shape index (κ2) is 6.04. The molecular formula is C13H23N5O. The fraction of sp³-hybridized carbons (Fsp3) is 0.769. The van der Waals surface area contributed by atoms with Gasteiger partial charge in [-0.2, -0.15) is 15.0 Å². The van der Waals surface area contributed by atoms with E-state index in [2.05, 4.69) is 33.7 Å². The molecule has 2 rings (SSSR count). The van der Waals surface area contributed by atoms with E-state index in [0.717, 1.165) is 19.4 Å². The van der Waals surface area contributed by atoms with Gasteiger partial charge in [-0.1, -0.05) is 13.8 Å². The third kappa shape index (κ3) is 3.45. The molecule has 6 heteroatoms. The van der Waals surface area contributed by atoms with Crippen molar-refractivity contribution in [3.63, 3.8) is 0 Å². The molecule has 1 aromatic rings. The zero-order valence-corrected chi connectivity index (χ0v) is 12.0.